The largest absolute Gasteiger partial charge is 0.506 e. The van der Waals surface area contributed by atoms with Crippen molar-refractivity contribution < 1.29 is 81.6 Å². The van der Waals surface area contributed by atoms with Crippen molar-refractivity contribution in [2.75, 3.05) is 20.4 Å². The molecular formula is C47H52N2O19S. The number of carbonyl (C=O) groups is 4. The van der Waals surface area contributed by atoms with Gasteiger partial charge in [-0.15, -0.1) is 0 Å². The molecule has 1 saturated carbocycles. The second-order valence-corrected chi connectivity index (χ2v) is 19.1. The first-order valence-electron chi connectivity index (χ1n) is 22.6. The molecular weight excluding hydrogens is 929 g/mol. The molecule has 3 amide bonds. The Morgan fingerprint density at radius 3 is 2.30 bits per heavy atom. The van der Waals surface area contributed by atoms with Gasteiger partial charge in [-0.2, -0.15) is 12.6 Å². The van der Waals surface area contributed by atoms with Crippen molar-refractivity contribution in [1.29, 1.82) is 0 Å². The van der Waals surface area contributed by atoms with Crippen LogP contribution in [0.2, 0.25) is 0 Å². The Hall–Kier alpha value is -5.59. The molecule has 370 valence electrons. The first kappa shape index (κ1) is 48.4. The zero-order valence-electron chi connectivity index (χ0n) is 38.1. The van der Waals surface area contributed by atoms with Gasteiger partial charge in [0.05, 0.1) is 34.1 Å². The quantitative estimate of drug-likeness (QED) is 0.0211. The van der Waals surface area contributed by atoms with E-state index in [9.17, 15) is 49.2 Å². The smallest absolute Gasteiger partial charge is 0.410 e. The average molecular weight is 981 g/mol. The summed E-state index contributed by atoms with van der Waals surface area (Å²) in [5.41, 5.74) is -3.36. The number of benzene rings is 3. The molecule has 22 heteroatoms. The molecule has 21 nitrogen and oxygen atoms in total. The number of thiol groups is 1. The zero-order chi connectivity index (χ0) is 49.4. The van der Waals surface area contributed by atoms with E-state index in [-0.39, 0.29) is 79.9 Å². The minimum Gasteiger partial charge on any atom is -0.506 e. The number of ether oxygens (including phenoxy) is 7. The van der Waals surface area contributed by atoms with Crippen LogP contribution in [-0.4, -0.2) is 136 Å². The number of phenols is 1. The van der Waals surface area contributed by atoms with E-state index >= 15 is 0 Å². The number of methoxy groups -OCH3 is 1. The van der Waals surface area contributed by atoms with Crippen LogP contribution in [0.1, 0.15) is 58.4 Å². The molecule has 1 aliphatic carbocycles. The first-order valence-corrected chi connectivity index (χ1v) is 23.1. The summed E-state index contributed by atoms with van der Waals surface area (Å²) in [6.45, 7) is 5.40. The molecule has 0 radical (unpaired) electrons. The van der Waals surface area contributed by atoms with Crippen LogP contribution < -0.4 is 21.3 Å². The van der Waals surface area contributed by atoms with Crippen LogP contribution >= 0.6 is 12.6 Å². The van der Waals surface area contributed by atoms with Crippen LogP contribution in [0, 0.1) is 18.8 Å². The predicted molar refractivity (Wildman–Crippen MR) is 243 cm³/mol. The summed E-state index contributed by atoms with van der Waals surface area (Å²) in [6, 6.07) is 6.15. The highest BCUT2D eigenvalue weighted by Crippen LogP contribution is 2.46. The number of likely N-dealkylation sites (tertiary alicyclic amines) is 1. The fourth-order valence-corrected chi connectivity index (χ4v) is 10.5. The van der Waals surface area contributed by atoms with Gasteiger partial charge in [0.25, 0.3) is 0 Å². The van der Waals surface area contributed by atoms with Crippen LogP contribution in [0.5, 0.6) is 11.5 Å². The minimum absolute atomic E-state index is 0.0159. The van der Waals surface area contributed by atoms with Crippen LogP contribution in [0.25, 0.3) is 43.5 Å². The molecule has 0 bridgehead atoms. The van der Waals surface area contributed by atoms with Crippen molar-refractivity contribution in [2.45, 2.75) is 126 Å². The number of rotatable bonds is 11. The van der Waals surface area contributed by atoms with E-state index in [2.05, 4.69) is 17.9 Å². The SMILES string of the molecule is CO[C@H]1[C@@H](O)[C@@H](C)OC(O[C@H]2[C@H](Oc3cccc4c(O)c5c(=O)oc6ccc(C)c7c(=O)oc(c34)c5c67)O[C@H](C)[C@H](O)[C@]2(C)O)[C@@H]1NC(=O)OCOC(=O)C1CCC(CN2C(=O)CC(S)C2=O)CC1. The van der Waals surface area contributed by atoms with E-state index in [1.54, 1.807) is 13.0 Å². The van der Waals surface area contributed by atoms with Crippen molar-refractivity contribution in [1.82, 2.24) is 10.2 Å². The maximum Gasteiger partial charge on any atom is 0.410 e. The van der Waals surface area contributed by atoms with Gasteiger partial charge in [0.15, 0.2) is 18.0 Å². The number of phenolic OH excluding ortho intramolecular Hbond substituents is 1. The summed E-state index contributed by atoms with van der Waals surface area (Å²) in [4.78, 5) is 79.2. The number of carbonyl (C=O) groups excluding carboxylic acids is 4. The summed E-state index contributed by atoms with van der Waals surface area (Å²) in [5, 5.41) is 48.4. The highest BCUT2D eigenvalue weighted by molar-refractivity contribution is 7.81. The number of aryl methyl sites for hydroxylation is 1. The Bertz CT molecular complexity index is 2950. The lowest BCUT2D eigenvalue weighted by atomic mass is 9.82. The molecule has 2 aromatic heterocycles. The second-order valence-electron chi connectivity index (χ2n) is 18.4. The van der Waals surface area contributed by atoms with Gasteiger partial charge in [-0.3, -0.25) is 19.3 Å². The number of esters is 1. The number of aromatic hydroxyl groups is 1. The molecule has 0 spiro atoms. The van der Waals surface area contributed by atoms with Gasteiger partial charge in [0, 0.05) is 36.2 Å². The van der Waals surface area contributed by atoms with E-state index in [4.69, 9.17) is 42.0 Å². The maximum atomic E-state index is 13.7. The highest BCUT2D eigenvalue weighted by atomic mass is 32.1. The maximum absolute atomic E-state index is 13.7. The van der Waals surface area contributed by atoms with Crippen molar-refractivity contribution in [3.63, 3.8) is 0 Å². The molecule has 5 N–H and O–H groups in total. The van der Waals surface area contributed by atoms with Gasteiger partial charge in [-0.1, -0.05) is 18.2 Å². The zero-order valence-corrected chi connectivity index (χ0v) is 39.0. The molecule has 4 fully saturated rings. The number of amides is 3. The number of alkyl carbamates (subject to hydrolysis) is 1. The molecule has 5 heterocycles. The van der Waals surface area contributed by atoms with E-state index < -0.39 is 108 Å². The summed E-state index contributed by atoms with van der Waals surface area (Å²) in [7, 11) is 1.27. The van der Waals surface area contributed by atoms with E-state index in [1.807, 2.05) is 0 Å². The number of imide groups is 1. The van der Waals surface area contributed by atoms with Crippen molar-refractivity contribution in [3.05, 3.63) is 56.7 Å². The Kier molecular flexibility index (Phi) is 13.1. The first-order chi connectivity index (χ1) is 32.8. The molecule has 2 unspecified atom stereocenters. The van der Waals surface area contributed by atoms with Gasteiger partial charge in [0.2, 0.25) is 24.9 Å². The molecule has 3 aromatic carbocycles. The Balaban J connectivity index is 0.943. The monoisotopic (exact) mass is 980 g/mol. The van der Waals surface area contributed by atoms with Gasteiger partial charge < -0.3 is 67.7 Å². The Morgan fingerprint density at radius 1 is 0.899 bits per heavy atom. The lowest BCUT2D eigenvalue weighted by Gasteiger charge is -2.50. The number of aliphatic hydroxyl groups excluding tert-OH is 2. The fraction of sp³-hybridized carbons (Fsp3) is 0.532. The summed E-state index contributed by atoms with van der Waals surface area (Å²) in [6.07, 6.45) is -10.3. The van der Waals surface area contributed by atoms with Gasteiger partial charge in [-0.25, -0.2) is 14.4 Å². The third kappa shape index (κ3) is 8.53. The topological polar surface area (TPSA) is 289 Å². The minimum atomic E-state index is -2.20. The van der Waals surface area contributed by atoms with E-state index in [0.29, 0.717) is 31.2 Å². The van der Waals surface area contributed by atoms with Gasteiger partial charge >= 0.3 is 23.3 Å². The number of nitrogens with one attached hydrogen (secondary N) is 1. The Labute approximate surface area is 397 Å². The summed E-state index contributed by atoms with van der Waals surface area (Å²) >= 11 is 4.17. The standard InChI is InChI=1S/C47H52N2O19S/c1-18-9-14-25-30-28(18)42(56)67-36-29-23(35(52)32(31(30)36)43(57)65-25)7-6-8-24(29)66-45-39(47(4,59)38(53)20(3)64-45)68-44-33(37(60-5)34(51)19(2)63-44)48-46(58)62-17-61-41(55)22-12-10-21(11-13-22)16-49-27(50)15-26(69)40(49)54/h6-9,14,19-22,26,33-34,37-39,44-45,51-53,59,69H,10-13,15-17H2,1-5H3,(H,48,58)/t19-,20-,21?,22?,26?,33-,34+,37-,38+,39+,44?,45+,47+/m1/s1. The second kappa shape index (κ2) is 18.6. The molecule has 3 aliphatic heterocycles. The van der Waals surface area contributed by atoms with Crippen molar-refractivity contribution >= 4 is 80.0 Å². The summed E-state index contributed by atoms with van der Waals surface area (Å²) in [5.74, 6) is -2.26. The van der Waals surface area contributed by atoms with Crippen molar-refractivity contribution in [2.24, 2.45) is 11.8 Å². The van der Waals surface area contributed by atoms with E-state index in [0.717, 1.165) is 0 Å². The molecule has 11 atom stereocenters. The third-order valence-electron chi connectivity index (χ3n) is 14.0. The average Bonchev–Trinajstić information content (AvgIpc) is 3.55. The van der Waals surface area contributed by atoms with E-state index in [1.165, 1.54) is 57.0 Å². The van der Waals surface area contributed by atoms with Crippen LogP contribution in [0.3, 0.4) is 0 Å². The molecule has 9 rings (SSSR count). The van der Waals surface area contributed by atoms with Gasteiger partial charge in [0.1, 0.15) is 52.4 Å². The predicted octanol–water partition coefficient (Wildman–Crippen LogP) is 2.86. The number of fused-ring (bicyclic) bond motifs is 2. The number of aliphatic hydroxyl groups is 3. The molecule has 3 saturated heterocycles. The molecule has 4 aliphatic rings. The van der Waals surface area contributed by atoms with Gasteiger partial charge in [-0.05, 0) is 77.0 Å². The van der Waals surface area contributed by atoms with Crippen LogP contribution in [-0.2, 0) is 42.8 Å². The number of hydrogen-bond acceptors (Lipinski definition) is 20. The number of hydrogen-bond donors (Lipinski definition) is 6. The van der Waals surface area contributed by atoms with Crippen LogP contribution in [0.4, 0.5) is 4.79 Å². The third-order valence-corrected chi connectivity index (χ3v) is 14.4. The Morgan fingerprint density at radius 2 is 1.61 bits per heavy atom. The lowest BCUT2D eigenvalue weighted by Crippen LogP contribution is -2.70. The lowest BCUT2D eigenvalue weighted by molar-refractivity contribution is -0.357. The summed E-state index contributed by atoms with van der Waals surface area (Å²) < 4.78 is 52.7. The number of nitrogens with zero attached hydrogens (tertiary/aromatic N) is 1. The van der Waals surface area contributed by atoms with Crippen molar-refractivity contribution in [3.8, 4) is 11.5 Å². The normalized spacial score (nSPS) is 32.0. The van der Waals surface area contributed by atoms with Crippen LogP contribution in [0.15, 0.2) is 48.8 Å². The molecule has 5 aromatic rings. The highest BCUT2D eigenvalue weighted by Gasteiger charge is 2.57. The molecule has 69 heavy (non-hydrogen) atoms. The fourth-order valence-electron chi connectivity index (χ4n) is 10.2.